The fourth-order valence-corrected chi connectivity index (χ4v) is 2.53. The van der Waals surface area contributed by atoms with Gasteiger partial charge in [0.05, 0.1) is 5.69 Å². The Morgan fingerprint density at radius 2 is 1.74 bits per heavy atom. The molecule has 0 aliphatic carbocycles. The molecule has 0 saturated carbocycles. The van der Waals surface area contributed by atoms with Crippen LogP contribution in [0.4, 0.5) is 0 Å². The molecule has 1 aromatic heterocycles. The van der Waals surface area contributed by atoms with Gasteiger partial charge in [-0.1, -0.05) is 35.9 Å². The molecule has 0 atom stereocenters. The van der Waals surface area contributed by atoms with Gasteiger partial charge in [-0.25, -0.2) is 5.10 Å². The smallest absolute Gasteiger partial charge is 0.277 e. The lowest BCUT2D eigenvalue weighted by Gasteiger charge is -2.07. The second-order valence-electron chi connectivity index (χ2n) is 5.75. The molecule has 0 aliphatic rings. The van der Waals surface area contributed by atoms with E-state index in [4.69, 9.17) is 17.3 Å². The Balaban J connectivity index is 1.80. The molecule has 4 N–H and O–H groups in total. The number of carbonyl (C=O) groups is 2. The molecular formula is C19H15ClN4O3. The van der Waals surface area contributed by atoms with Gasteiger partial charge in [0.15, 0.2) is 0 Å². The summed E-state index contributed by atoms with van der Waals surface area (Å²) in [5, 5.41) is 9.55. The largest absolute Gasteiger partial charge is 0.366 e. The normalized spacial score (nSPS) is 10.4. The zero-order valence-electron chi connectivity index (χ0n) is 14.0. The Morgan fingerprint density at radius 1 is 1.07 bits per heavy atom. The molecule has 0 aliphatic heterocycles. The predicted octanol–water partition coefficient (Wildman–Crippen LogP) is 2.12. The predicted molar refractivity (Wildman–Crippen MR) is 101 cm³/mol. The molecule has 27 heavy (non-hydrogen) atoms. The molecule has 0 unspecified atom stereocenters. The van der Waals surface area contributed by atoms with Crippen LogP contribution in [0.15, 0.2) is 59.4 Å². The van der Waals surface area contributed by atoms with Crippen LogP contribution >= 0.6 is 11.6 Å². The number of aromatic nitrogens is 2. The van der Waals surface area contributed by atoms with E-state index in [0.717, 1.165) is 5.56 Å². The molecule has 8 heteroatoms. The molecule has 0 spiro atoms. The van der Waals surface area contributed by atoms with E-state index in [1.165, 1.54) is 6.07 Å². The first-order valence-corrected chi connectivity index (χ1v) is 8.34. The van der Waals surface area contributed by atoms with Crippen LogP contribution in [0.2, 0.25) is 5.02 Å². The maximum atomic E-state index is 12.4. The van der Waals surface area contributed by atoms with E-state index in [1.54, 1.807) is 48.5 Å². The molecule has 0 radical (unpaired) electrons. The van der Waals surface area contributed by atoms with Crippen LogP contribution in [0.1, 0.15) is 26.3 Å². The number of carbonyl (C=O) groups excluding carboxylic acids is 2. The first-order valence-electron chi connectivity index (χ1n) is 7.96. The third kappa shape index (κ3) is 4.39. The van der Waals surface area contributed by atoms with E-state index in [1.807, 2.05) is 0 Å². The highest BCUT2D eigenvalue weighted by Crippen LogP contribution is 2.17. The molecular weight excluding hydrogens is 368 g/mol. The third-order valence-electron chi connectivity index (χ3n) is 3.88. The monoisotopic (exact) mass is 382 g/mol. The third-order valence-corrected chi connectivity index (χ3v) is 4.13. The van der Waals surface area contributed by atoms with Crippen molar-refractivity contribution in [2.75, 3.05) is 0 Å². The number of primary amides is 1. The van der Waals surface area contributed by atoms with E-state index in [2.05, 4.69) is 15.5 Å². The van der Waals surface area contributed by atoms with Gasteiger partial charge in [0.2, 0.25) is 5.91 Å². The van der Waals surface area contributed by atoms with Crippen molar-refractivity contribution in [3.63, 3.8) is 0 Å². The van der Waals surface area contributed by atoms with Crippen LogP contribution in [0, 0.1) is 0 Å². The molecule has 3 rings (SSSR count). The summed E-state index contributed by atoms with van der Waals surface area (Å²) in [5.74, 6) is -1.07. The van der Waals surface area contributed by atoms with Crippen LogP contribution in [-0.4, -0.2) is 22.0 Å². The quantitative estimate of drug-likeness (QED) is 0.626. The molecule has 3 aromatic rings. The maximum Gasteiger partial charge on any atom is 0.277 e. The molecule has 2 amide bonds. The van der Waals surface area contributed by atoms with Crippen molar-refractivity contribution in [1.82, 2.24) is 15.5 Å². The summed E-state index contributed by atoms with van der Waals surface area (Å²) < 4.78 is 0. The summed E-state index contributed by atoms with van der Waals surface area (Å²) >= 11 is 5.83. The topological polar surface area (TPSA) is 118 Å². The minimum absolute atomic E-state index is 0.0621. The highest BCUT2D eigenvalue weighted by molar-refractivity contribution is 6.30. The average molecular weight is 383 g/mol. The Bertz CT molecular complexity index is 1040. The van der Waals surface area contributed by atoms with Gasteiger partial charge in [-0.3, -0.25) is 14.4 Å². The van der Waals surface area contributed by atoms with Gasteiger partial charge < -0.3 is 11.1 Å². The second-order valence-corrected chi connectivity index (χ2v) is 6.18. The lowest BCUT2D eigenvalue weighted by molar-refractivity contribution is 0.0948. The summed E-state index contributed by atoms with van der Waals surface area (Å²) in [6, 6.07) is 14.8. The number of aromatic amines is 1. The molecule has 0 saturated heterocycles. The van der Waals surface area contributed by atoms with Crippen LogP contribution < -0.4 is 16.6 Å². The van der Waals surface area contributed by atoms with Crippen molar-refractivity contribution in [3.8, 4) is 11.3 Å². The number of H-pyrrole nitrogens is 1. The maximum absolute atomic E-state index is 12.4. The van der Waals surface area contributed by atoms with Crippen LogP contribution in [0.25, 0.3) is 11.3 Å². The lowest BCUT2D eigenvalue weighted by atomic mass is 10.1. The van der Waals surface area contributed by atoms with Gasteiger partial charge in [0.1, 0.15) is 5.56 Å². The van der Waals surface area contributed by atoms with Gasteiger partial charge in [-0.05, 0) is 35.9 Å². The second kappa shape index (κ2) is 7.84. The molecule has 2 aromatic carbocycles. The summed E-state index contributed by atoms with van der Waals surface area (Å²) in [7, 11) is 0. The highest BCUT2D eigenvalue weighted by atomic mass is 35.5. The fourth-order valence-electron chi connectivity index (χ4n) is 2.41. The number of rotatable bonds is 5. The van der Waals surface area contributed by atoms with Crippen LogP contribution in [0.3, 0.4) is 0 Å². The Morgan fingerprint density at radius 3 is 2.37 bits per heavy atom. The van der Waals surface area contributed by atoms with Crippen LogP contribution in [-0.2, 0) is 6.54 Å². The molecule has 7 nitrogen and oxygen atoms in total. The number of hydrogen-bond acceptors (Lipinski definition) is 4. The Labute approximate surface area is 159 Å². The molecule has 0 fully saturated rings. The summed E-state index contributed by atoms with van der Waals surface area (Å²) in [6.07, 6.45) is 0. The SMILES string of the molecule is NC(=O)c1ccc(-c2cc(C(=O)NCc3ccc(Cl)cc3)c(=O)[nH]n2)cc1. The van der Waals surface area contributed by atoms with Crippen molar-refractivity contribution in [1.29, 1.82) is 0 Å². The first-order chi connectivity index (χ1) is 12.9. The first kappa shape index (κ1) is 18.3. The van der Waals surface area contributed by atoms with Crippen LogP contribution in [0.5, 0.6) is 0 Å². The number of benzene rings is 2. The van der Waals surface area contributed by atoms with Gasteiger partial charge in [0.25, 0.3) is 11.5 Å². The number of nitrogens with two attached hydrogens (primary N) is 1. The molecule has 136 valence electrons. The van der Waals surface area contributed by atoms with Crippen molar-refractivity contribution >= 4 is 23.4 Å². The van der Waals surface area contributed by atoms with Gasteiger partial charge in [-0.15, -0.1) is 0 Å². The zero-order valence-corrected chi connectivity index (χ0v) is 14.8. The average Bonchev–Trinajstić information content (AvgIpc) is 2.68. The van der Waals surface area contributed by atoms with Gasteiger partial charge in [-0.2, -0.15) is 5.10 Å². The Hall–Kier alpha value is -3.45. The summed E-state index contributed by atoms with van der Waals surface area (Å²) in [4.78, 5) is 35.5. The van der Waals surface area contributed by atoms with E-state index < -0.39 is 17.4 Å². The van der Waals surface area contributed by atoms with E-state index in [0.29, 0.717) is 21.8 Å². The highest BCUT2D eigenvalue weighted by Gasteiger charge is 2.13. The molecule has 0 bridgehead atoms. The fraction of sp³-hybridized carbons (Fsp3) is 0.0526. The minimum atomic E-state index is -0.596. The summed E-state index contributed by atoms with van der Waals surface area (Å²) in [5.41, 5.74) is 6.77. The number of amides is 2. The van der Waals surface area contributed by atoms with Gasteiger partial charge in [0, 0.05) is 22.7 Å². The minimum Gasteiger partial charge on any atom is -0.366 e. The van der Waals surface area contributed by atoms with Crippen molar-refractivity contribution in [2.45, 2.75) is 6.54 Å². The number of halogens is 1. The number of nitrogens with zero attached hydrogens (tertiary/aromatic N) is 1. The number of hydrogen-bond donors (Lipinski definition) is 3. The van der Waals surface area contributed by atoms with E-state index >= 15 is 0 Å². The van der Waals surface area contributed by atoms with Gasteiger partial charge >= 0.3 is 0 Å². The lowest BCUT2D eigenvalue weighted by Crippen LogP contribution is -2.29. The summed E-state index contributed by atoms with van der Waals surface area (Å²) in [6.45, 7) is 0.250. The number of nitrogens with one attached hydrogen (secondary N) is 2. The van der Waals surface area contributed by atoms with E-state index in [-0.39, 0.29) is 12.1 Å². The Kier molecular flexibility index (Phi) is 5.33. The standard InChI is InChI=1S/C19H15ClN4O3/c20-14-7-1-11(2-8-14)10-22-18(26)15-9-16(23-24-19(15)27)12-3-5-13(6-4-12)17(21)25/h1-9H,10H2,(H2,21,25)(H,22,26)(H,24,27). The molecule has 1 heterocycles. The van der Waals surface area contributed by atoms with Crippen molar-refractivity contribution in [2.24, 2.45) is 5.73 Å². The van der Waals surface area contributed by atoms with E-state index in [9.17, 15) is 14.4 Å². The van der Waals surface area contributed by atoms with Crippen molar-refractivity contribution in [3.05, 3.63) is 86.7 Å². The van der Waals surface area contributed by atoms with Crippen molar-refractivity contribution < 1.29 is 9.59 Å². The zero-order chi connectivity index (χ0) is 19.4.